The van der Waals surface area contributed by atoms with Gasteiger partial charge in [0.15, 0.2) is 0 Å². The standard InChI is InChI=1S/C14H15Cl3N2S/c1-20-13-4-2-3-11(13)19-12-6-9(17)8(16)5-10(12)18-14(19)7-15/h5-6,11,13H,2-4,7H2,1H3. The summed E-state index contributed by atoms with van der Waals surface area (Å²) in [5.41, 5.74) is 1.92. The molecule has 0 saturated heterocycles. The van der Waals surface area contributed by atoms with Gasteiger partial charge >= 0.3 is 0 Å². The van der Waals surface area contributed by atoms with Gasteiger partial charge in [-0.25, -0.2) is 4.98 Å². The van der Waals surface area contributed by atoms with Crippen molar-refractivity contribution in [2.24, 2.45) is 0 Å². The van der Waals surface area contributed by atoms with Crippen molar-refractivity contribution in [3.05, 3.63) is 28.0 Å². The fourth-order valence-corrected chi connectivity index (χ4v) is 4.56. The van der Waals surface area contributed by atoms with Gasteiger partial charge in [0.1, 0.15) is 5.82 Å². The van der Waals surface area contributed by atoms with Crippen molar-refractivity contribution in [1.29, 1.82) is 0 Å². The highest BCUT2D eigenvalue weighted by atomic mass is 35.5. The Morgan fingerprint density at radius 2 is 2.05 bits per heavy atom. The van der Waals surface area contributed by atoms with E-state index in [1.807, 2.05) is 23.9 Å². The summed E-state index contributed by atoms with van der Waals surface area (Å²) in [6, 6.07) is 4.19. The van der Waals surface area contributed by atoms with Crippen LogP contribution < -0.4 is 0 Å². The van der Waals surface area contributed by atoms with E-state index in [2.05, 4.69) is 15.8 Å². The second-order valence-corrected chi connectivity index (χ2v) is 7.22. The van der Waals surface area contributed by atoms with Crippen molar-refractivity contribution >= 4 is 57.6 Å². The molecule has 1 aromatic heterocycles. The van der Waals surface area contributed by atoms with E-state index in [1.54, 1.807) is 0 Å². The summed E-state index contributed by atoms with van der Waals surface area (Å²) in [6.45, 7) is 0. The maximum absolute atomic E-state index is 6.18. The zero-order chi connectivity index (χ0) is 14.3. The normalized spacial score (nSPS) is 22.8. The molecule has 1 aliphatic carbocycles. The highest BCUT2D eigenvalue weighted by Gasteiger charge is 2.31. The lowest BCUT2D eigenvalue weighted by Gasteiger charge is -2.22. The molecule has 1 aromatic carbocycles. The van der Waals surface area contributed by atoms with Gasteiger partial charge in [0.25, 0.3) is 0 Å². The van der Waals surface area contributed by atoms with Crippen LogP contribution in [-0.2, 0) is 5.88 Å². The summed E-state index contributed by atoms with van der Waals surface area (Å²) in [5, 5.41) is 1.72. The Kier molecular flexibility index (Phi) is 4.42. The second-order valence-electron chi connectivity index (χ2n) is 5.06. The molecular formula is C14H15Cl3N2S. The first-order valence-corrected chi connectivity index (χ1v) is 9.18. The number of imidazole rings is 1. The van der Waals surface area contributed by atoms with Crippen molar-refractivity contribution in [3.63, 3.8) is 0 Å². The molecule has 1 aliphatic rings. The SMILES string of the molecule is CSC1CCCC1n1c(CCl)nc2cc(Cl)c(Cl)cc21. The summed E-state index contributed by atoms with van der Waals surface area (Å²) < 4.78 is 2.28. The zero-order valence-electron chi connectivity index (χ0n) is 11.1. The number of fused-ring (bicyclic) bond motifs is 1. The minimum Gasteiger partial charge on any atom is -0.323 e. The van der Waals surface area contributed by atoms with Crippen LogP contribution in [0.2, 0.25) is 10.0 Å². The lowest BCUT2D eigenvalue weighted by Crippen LogP contribution is -2.17. The van der Waals surface area contributed by atoms with E-state index >= 15 is 0 Å². The van der Waals surface area contributed by atoms with E-state index < -0.39 is 0 Å². The summed E-state index contributed by atoms with van der Waals surface area (Å²) in [4.78, 5) is 4.63. The number of alkyl halides is 1. The molecule has 108 valence electrons. The molecule has 0 spiro atoms. The first-order chi connectivity index (χ1) is 9.65. The first kappa shape index (κ1) is 14.8. The minimum absolute atomic E-state index is 0.404. The van der Waals surface area contributed by atoms with Crippen LogP contribution in [0, 0.1) is 0 Å². The third-order valence-corrected chi connectivity index (χ3v) is 6.09. The molecule has 0 aliphatic heterocycles. The van der Waals surface area contributed by atoms with Crippen LogP contribution >= 0.6 is 46.6 Å². The van der Waals surface area contributed by atoms with Crippen LogP contribution in [0.15, 0.2) is 12.1 Å². The maximum Gasteiger partial charge on any atom is 0.125 e. The van der Waals surface area contributed by atoms with E-state index in [4.69, 9.17) is 34.8 Å². The monoisotopic (exact) mass is 348 g/mol. The number of halogens is 3. The molecule has 0 bridgehead atoms. The number of nitrogens with zero attached hydrogens (tertiary/aromatic N) is 2. The number of thioether (sulfide) groups is 1. The Morgan fingerprint density at radius 1 is 1.30 bits per heavy atom. The highest BCUT2D eigenvalue weighted by Crippen LogP contribution is 2.41. The van der Waals surface area contributed by atoms with E-state index in [1.165, 1.54) is 19.3 Å². The molecule has 6 heteroatoms. The first-order valence-electron chi connectivity index (χ1n) is 6.60. The molecule has 0 N–H and O–H groups in total. The van der Waals surface area contributed by atoms with Gasteiger partial charge in [0.2, 0.25) is 0 Å². The Morgan fingerprint density at radius 3 is 2.75 bits per heavy atom. The van der Waals surface area contributed by atoms with Crippen LogP contribution in [0.4, 0.5) is 0 Å². The summed E-state index contributed by atoms with van der Waals surface area (Å²) in [5.74, 6) is 1.31. The predicted molar refractivity (Wildman–Crippen MR) is 89.5 cm³/mol. The molecule has 20 heavy (non-hydrogen) atoms. The molecule has 1 heterocycles. The number of hydrogen-bond acceptors (Lipinski definition) is 2. The Bertz CT molecular complexity index is 641. The molecule has 1 fully saturated rings. The number of rotatable bonds is 3. The van der Waals surface area contributed by atoms with Gasteiger partial charge in [-0.1, -0.05) is 29.6 Å². The van der Waals surface area contributed by atoms with Gasteiger partial charge in [0.05, 0.1) is 27.0 Å². The molecule has 2 atom stereocenters. The smallest absolute Gasteiger partial charge is 0.125 e. The van der Waals surface area contributed by atoms with Gasteiger partial charge in [-0.3, -0.25) is 0 Å². The second kappa shape index (κ2) is 5.96. The molecule has 2 nitrogen and oxygen atoms in total. The molecular weight excluding hydrogens is 335 g/mol. The van der Waals surface area contributed by atoms with Crippen LogP contribution in [-0.4, -0.2) is 21.1 Å². The van der Waals surface area contributed by atoms with Gasteiger partial charge in [-0.2, -0.15) is 11.8 Å². The third-order valence-electron chi connectivity index (χ3n) is 3.98. The van der Waals surface area contributed by atoms with Crippen LogP contribution in [0.3, 0.4) is 0 Å². The largest absolute Gasteiger partial charge is 0.323 e. The van der Waals surface area contributed by atoms with Crippen LogP contribution in [0.5, 0.6) is 0 Å². The Hall–Kier alpha value is -0.0900. The summed E-state index contributed by atoms with van der Waals surface area (Å²) >= 11 is 20.3. The molecule has 3 rings (SSSR count). The van der Waals surface area contributed by atoms with Gasteiger partial charge in [0, 0.05) is 11.3 Å². The number of hydrogen-bond donors (Lipinski definition) is 0. The van der Waals surface area contributed by atoms with Crippen molar-refractivity contribution in [2.45, 2.75) is 36.4 Å². The quantitative estimate of drug-likeness (QED) is 0.677. The average molecular weight is 350 g/mol. The minimum atomic E-state index is 0.404. The van der Waals surface area contributed by atoms with Crippen LogP contribution in [0.25, 0.3) is 11.0 Å². The van der Waals surface area contributed by atoms with Gasteiger partial charge < -0.3 is 4.57 Å². The topological polar surface area (TPSA) is 17.8 Å². The fourth-order valence-electron chi connectivity index (χ4n) is 3.08. The highest BCUT2D eigenvalue weighted by molar-refractivity contribution is 7.99. The fraction of sp³-hybridized carbons (Fsp3) is 0.500. The van der Waals surface area contributed by atoms with Crippen molar-refractivity contribution in [1.82, 2.24) is 9.55 Å². The lowest BCUT2D eigenvalue weighted by atomic mass is 10.2. The molecule has 0 radical (unpaired) electrons. The lowest BCUT2D eigenvalue weighted by molar-refractivity contribution is 0.528. The van der Waals surface area contributed by atoms with E-state index in [-0.39, 0.29) is 0 Å². The zero-order valence-corrected chi connectivity index (χ0v) is 14.2. The average Bonchev–Trinajstić information content (AvgIpc) is 3.02. The molecule has 2 aromatic rings. The maximum atomic E-state index is 6.18. The van der Waals surface area contributed by atoms with Gasteiger partial charge in [-0.05, 0) is 31.2 Å². The Labute approximate surface area is 137 Å². The number of aromatic nitrogens is 2. The third kappa shape index (κ3) is 2.43. The number of benzene rings is 1. The summed E-state index contributed by atoms with van der Waals surface area (Å²) in [6.07, 6.45) is 5.83. The van der Waals surface area contributed by atoms with Gasteiger partial charge in [-0.15, -0.1) is 11.6 Å². The van der Waals surface area contributed by atoms with Crippen LogP contribution in [0.1, 0.15) is 31.1 Å². The van der Waals surface area contributed by atoms with E-state index in [0.29, 0.717) is 27.2 Å². The molecule has 0 amide bonds. The Balaban J connectivity index is 2.19. The van der Waals surface area contributed by atoms with E-state index in [0.717, 1.165) is 16.9 Å². The summed E-state index contributed by atoms with van der Waals surface area (Å²) in [7, 11) is 0. The molecule has 1 saturated carbocycles. The predicted octanol–water partition coefficient (Wildman–Crippen LogP) is 5.54. The van der Waals surface area contributed by atoms with Crippen molar-refractivity contribution in [3.8, 4) is 0 Å². The van der Waals surface area contributed by atoms with Crippen molar-refractivity contribution in [2.75, 3.05) is 6.26 Å². The van der Waals surface area contributed by atoms with E-state index in [9.17, 15) is 0 Å². The van der Waals surface area contributed by atoms with Crippen molar-refractivity contribution < 1.29 is 0 Å². The molecule has 2 unspecified atom stereocenters.